The van der Waals surface area contributed by atoms with Gasteiger partial charge in [0.05, 0.1) is 11.6 Å². The molecule has 23 heavy (non-hydrogen) atoms. The van der Waals surface area contributed by atoms with E-state index in [1.165, 1.54) is 0 Å². The standard InChI is InChI=1S/C18H24N2O3/c1-4-14(21)15-16(13-9-6-5-7-10-13)20(18(23)17(15)22)12-8-11-19(2)3/h5-7,9-10,16,22H,4,8,11-12H2,1-3H3. The van der Waals surface area contributed by atoms with Gasteiger partial charge in [-0.3, -0.25) is 9.59 Å². The first kappa shape index (κ1) is 17.2. The van der Waals surface area contributed by atoms with Gasteiger partial charge in [0.25, 0.3) is 5.91 Å². The first-order valence-electron chi connectivity index (χ1n) is 7.94. The predicted octanol–water partition coefficient (Wildman–Crippen LogP) is 2.31. The Morgan fingerprint density at radius 3 is 2.48 bits per heavy atom. The molecule has 1 amide bonds. The summed E-state index contributed by atoms with van der Waals surface area (Å²) in [6.07, 6.45) is 1.05. The molecule has 0 aliphatic carbocycles. The van der Waals surface area contributed by atoms with Crippen molar-refractivity contribution in [2.75, 3.05) is 27.2 Å². The average molecular weight is 316 g/mol. The highest BCUT2D eigenvalue weighted by molar-refractivity contribution is 6.08. The van der Waals surface area contributed by atoms with Crippen LogP contribution < -0.4 is 0 Å². The van der Waals surface area contributed by atoms with E-state index >= 15 is 0 Å². The number of hydrogen-bond acceptors (Lipinski definition) is 4. The normalized spacial score (nSPS) is 18.2. The van der Waals surface area contributed by atoms with Crippen LogP contribution in [0, 0.1) is 0 Å². The lowest BCUT2D eigenvalue weighted by Crippen LogP contribution is -2.33. The third kappa shape index (κ3) is 3.62. The van der Waals surface area contributed by atoms with Crippen molar-refractivity contribution in [3.05, 3.63) is 47.2 Å². The summed E-state index contributed by atoms with van der Waals surface area (Å²) >= 11 is 0. The smallest absolute Gasteiger partial charge is 0.290 e. The molecule has 0 saturated carbocycles. The summed E-state index contributed by atoms with van der Waals surface area (Å²) in [5.74, 6) is -1.02. The van der Waals surface area contributed by atoms with Crippen LogP contribution >= 0.6 is 0 Å². The van der Waals surface area contributed by atoms with E-state index in [-0.39, 0.29) is 17.8 Å². The molecule has 1 N–H and O–H groups in total. The molecule has 0 spiro atoms. The molecular formula is C18H24N2O3. The number of carbonyl (C=O) groups excluding carboxylic acids is 2. The highest BCUT2D eigenvalue weighted by atomic mass is 16.3. The third-order valence-electron chi connectivity index (χ3n) is 4.04. The number of nitrogens with zero attached hydrogens (tertiary/aromatic N) is 2. The minimum Gasteiger partial charge on any atom is -0.503 e. The van der Waals surface area contributed by atoms with Crippen molar-refractivity contribution < 1.29 is 14.7 Å². The Balaban J connectivity index is 2.34. The molecule has 5 heteroatoms. The summed E-state index contributed by atoms with van der Waals surface area (Å²) in [6, 6.07) is 8.93. The molecule has 1 unspecified atom stereocenters. The number of carbonyl (C=O) groups is 2. The molecule has 0 aromatic heterocycles. The van der Waals surface area contributed by atoms with Crippen LogP contribution in [-0.4, -0.2) is 53.8 Å². The van der Waals surface area contributed by atoms with Crippen LogP contribution in [-0.2, 0) is 9.59 Å². The molecule has 0 radical (unpaired) electrons. The maximum absolute atomic E-state index is 12.4. The first-order chi connectivity index (χ1) is 11.0. The van der Waals surface area contributed by atoms with E-state index in [2.05, 4.69) is 0 Å². The monoisotopic (exact) mass is 316 g/mol. The lowest BCUT2D eigenvalue weighted by molar-refractivity contribution is -0.129. The van der Waals surface area contributed by atoms with Crippen LogP contribution in [0.1, 0.15) is 31.4 Å². The molecule has 1 aromatic rings. The van der Waals surface area contributed by atoms with Gasteiger partial charge in [-0.05, 0) is 32.6 Å². The van der Waals surface area contributed by atoms with Crippen LogP contribution in [0.5, 0.6) is 0 Å². The molecule has 5 nitrogen and oxygen atoms in total. The zero-order valence-electron chi connectivity index (χ0n) is 14.0. The van der Waals surface area contributed by atoms with Crippen molar-refractivity contribution in [1.82, 2.24) is 9.80 Å². The summed E-state index contributed by atoms with van der Waals surface area (Å²) in [4.78, 5) is 28.4. The van der Waals surface area contributed by atoms with Gasteiger partial charge in [-0.1, -0.05) is 37.3 Å². The summed E-state index contributed by atoms with van der Waals surface area (Å²) < 4.78 is 0. The number of aliphatic hydroxyl groups is 1. The van der Waals surface area contributed by atoms with Crippen LogP contribution in [0.2, 0.25) is 0 Å². The van der Waals surface area contributed by atoms with Gasteiger partial charge < -0.3 is 14.9 Å². The fraction of sp³-hybridized carbons (Fsp3) is 0.444. The van der Waals surface area contributed by atoms with Gasteiger partial charge in [-0.2, -0.15) is 0 Å². The molecule has 0 saturated heterocycles. The summed E-state index contributed by atoms with van der Waals surface area (Å²) in [6.45, 7) is 3.08. The fourth-order valence-electron chi connectivity index (χ4n) is 2.90. The van der Waals surface area contributed by atoms with Gasteiger partial charge in [-0.15, -0.1) is 0 Å². The van der Waals surface area contributed by atoms with Crippen LogP contribution in [0.25, 0.3) is 0 Å². The zero-order chi connectivity index (χ0) is 17.0. The van der Waals surface area contributed by atoms with Crippen LogP contribution in [0.3, 0.4) is 0 Å². The summed E-state index contributed by atoms with van der Waals surface area (Å²) in [7, 11) is 3.95. The number of ketones is 1. The van der Waals surface area contributed by atoms with Crippen molar-refractivity contribution >= 4 is 11.7 Å². The van der Waals surface area contributed by atoms with Gasteiger partial charge in [0.15, 0.2) is 11.5 Å². The largest absolute Gasteiger partial charge is 0.503 e. The Morgan fingerprint density at radius 1 is 1.26 bits per heavy atom. The molecule has 1 heterocycles. The van der Waals surface area contributed by atoms with Gasteiger partial charge in [-0.25, -0.2) is 0 Å². The van der Waals surface area contributed by atoms with Gasteiger partial charge >= 0.3 is 0 Å². The Labute approximate surface area is 137 Å². The van der Waals surface area contributed by atoms with E-state index in [1.807, 2.05) is 49.3 Å². The van der Waals surface area contributed by atoms with E-state index in [9.17, 15) is 14.7 Å². The van der Waals surface area contributed by atoms with Crippen molar-refractivity contribution in [3.8, 4) is 0 Å². The highest BCUT2D eigenvalue weighted by Gasteiger charge is 2.42. The molecule has 1 aromatic carbocycles. The molecule has 1 aliphatic heterocycles. The molecule has 0 bridgehead atoms. The number of rotatable bonds is 7. The first-order valence-corrected chi connectivity index (χ1v) is 7.94. The van der Waals surface area contributed by atoms with E-state index in [4.69, 9.17) is 0 Å². The SMILES string of the molecule is CCC(=O)C1=C(O)C(=O)N(CCCN(C)C)C1c1ccccc1. The highest BCUT2D eigenvalue weighted by Crippen LogP contribution is 2.38. The van der Waals surface area contributed by atoms with Gasteiger partial charge in [0.2, 0.25) is 0 Å². The van der Waals surface area contributed by atoms with Gasteiger partial charge in [0, 0.05) is 13.0 Å². The fourth-order valence-corrected chi connectivity index (χ4v) is 2.90. The van der Waals surface area contributed by atoms with E-state index in [0.29, 0.717) is 6.54 Å². The lowest BCUT2D eigenvalue weighted by atomic mass is 9.95. The number of amides is 1. The Kier molecular flexibility index (Phi) is 5.55. The molecule has 2 rings (SSSR count). The van der Waals surface area contributed by atoms with E-state index in [0.717, 1.165) is 18.5 Å². The van der Waals surface area contributed by atoms with Crippen molar-refractivity contribution in [2.24, 2.45) is 0 Å². The van der Waals surface area contributed by atoms with Crippen LogP contribution in [0.15, 0.2) is 41.7 Å². The minimum atomic E-state index is -0.488. The maximum Gasteiger partial charge on any atom is 0.290 e. The quantitative estimate of drug-likeness (QED) is 0.838. The summed E-state index contributed by atoms with van der Waals surface area (Å²) in [5.41, 5.74) is 1.08. The van der Waals surface area contributed by atoms with Crippen molar-refractivity contribution in [1.29, 1.82) is 0 Å². The number of Topliss-reactive ketones (excluding diaryl/α,β-unsaturated/α-hetero) is 1. The molecule has 124 valence electrons. The van der Waals surface area contributed by atoms with E-state index in [1.54, 1.807) is 11.8 Å². The molecule has 1 atom stereocenters. The topological polar surface area (TPSA) is 60.9 Å². The maximum atomic E-state index is 12.4. The molecule has 0 fully saturated rings. The van der Waals surface area contributed by atoms with Crippen molar-refractivity contribution in [2.45, 2.75) is 25.8 Å². The number of benzene rings is 1. The number of aliphatic hydroxyl groups excluding tert-OH is 1. The third-order valence-corrected chi connectivity index (χ3v) is 4.04. The lowest BCUT2D eigenvalue weighted by Gasteiger charge is -2.27. The predicted molar refractivity (Wildman–Crippen MR) is 89.0 cm³/mol. The second-order valence-electron chi connectivity index (χ2n) is 6.01. The molecule has 1 aliphatic rings. The number of hydrogen-bond donors (Lipinski definition) is 1. The Bertz CT molecular complexity index is 608. The zero-order valence-corrected chi connectivity index (χ0v) is 14.0. The average Bonchev–Trinajstić information content (AvgIpc) is 2.79. The Morgan fingerprint density at radius 2 is 1.91 bits per heavy atom. The van der Waals surface area contributed by atoms with Gasteiger partial charge in [0.1, 0.15) is 0 Å². The Hall–Kier alpha value is -2.14. The van der Waals surface area contributed by atoms with Crippen LogP contribution in [0.4, 0.5) is 0 Å². The summed E-state index contributed by atoms with van der Waals surface area (Å²) in [5, 5.41) is 10.2. The van der Waals surface area contributed by atoms with Crippen molar-refractivity contribution in [3.63, 3.8) is 0 Å². The molecular weight excluding hydrogens is 292 g/mol. The second kappa shape index (κ2) is 7.42. The van der Waals surface area contributed by atoms with E-state index < -0.39 is 17.7 Å². The minimum absolute atomic E-state index is 0.181. The second-order valence-corrected chi connectivity index (χ2v) is 6.01.